The van der Waals surface area contributed by atoms with Crippen molar-refractivity contribution in [1.29, 1.82) is 0 Å². The molecule has 19 heavy (non-hydrogen) atoms. The zero-order chi connectivity index (χ0) is 14.2. The number of benzene rings is 1. The molecule has 1 heterocycles. The lowest BCUT2D eigenvalue weighted by atomic mass is 9.76. The number of ether oxygens (including phenoxy) is 2. The van der Waals surface area contributed by atoms with E-state index in [1.165, 1.54) is 11.1 Å². The van der Waals surface area contributed by atoms with Crippen LogP contribution in [0.2, 0.25) is 0 Å². The Hall–Kier alpha value is -1.22. The van der Waals surface area contributed by atoms with Crippen molar-refractivity contribution in [1.82, 2.24) is 5.32 Å². The van der Waals surface area contributed by atoms with E-state index >= 15 is 0 Å². The molecule has 2 unspecified atom stereocenters. The van der Waals surface area contributed by atoms with Crippen molar-refractivity contribution in [2.45, 2.75) is 39.7 Å². The summed E-state index contributed by atoms with van der Waals surface area (Å²) in [6.45, 7) is 10.0. The first-order valence-corrected chi connectivity index (χ1v) is 6.87. The van der Waals surface area contributed by atoms with Gasteiger partial charge in [0.15, 0.2) is 0 Å². The van der Waals surface area contributed by atoms with Crippen molar-refractivity contribution < 1.29 is 9.47 Å². The largest absolute Gasteiger partial charge is 0.497 e. The van der Waals surface area contributed by atoms with Gasteiger partial charge in [-0.25, -0.2) is 0 Å². The van der Waals surface area contributed by atoms with E-state index in [0.717, 1.165) is 18.0 Å². The monoisotopic (exact) mass is 263 g/mol. The van der Waals surface area contributed by atoms with Gasteiger partial charge in [-0.3, -0.25) is 0 Å². The third-order valence-electron chi connectivity index (χ3n) is 3.90. The normalized spacial score (nSPS) is 22.8. The second kappa shape index (κ2) is 5.04. The molecule has 0 saturated carbocycles. The molecular formula is C16H25NO2. The topological polar surface area (TPSA) is 30.5 Å². The Morgan fingerprint density at radius 3 is 2.37 bits per heavy atom. The first-order valence-electron chi connectivity index (χ1n) is 6.87. The Labute approximate surface area is 116 Å². The maximum atomic E-state index is 5.58. The van der Waals surface area contributed by atoms with Crippen LogP contribution in [-0.4, -0.2) is 20.8 Å². The lowest BCUT2D eigenvalue weighted by Gasteiger charge is -2.39. The van der Waals surface area contributed by atoms with E-state index in [2.05, 4.69) is 39.1 Å². The second-order valence-corrected chi connectivity index (χ2v) is 6.44. The highest BCUT2D eigenvalue weighted by molar-refractivity contribution is 5.51. The van der Waals surface area contributed by atoms with Crippen LogP contribution in [0.1, 0.15) is 50.8 Å². The van der Waals surface area contributed by atoms with Gasteiger partial charge >= 0.3 is 0 Å². The minimum absolute atomic E-state index is 0.159. The van der Waals surface area contributed by atoms with Gasteiger partial charge in [0.25, 0.3) is 0 Å². The number of fused-ring (bicyclic) bond motifs is 1. The SMILES string of the molecule is COc1cc(OC)c2c(c1)C(C(C)(C)C)NCC2C. The molecule has 0 fully saturated rings. The van der Waals surface area contributed by atoms with Crippen LogP contribution in [0.25, 0.3) is 0 Å². The Morgan fingerprint density at radius 2 is 1.84 bits per heavy atom. The molecule has 0 amide bonds. The van der Waals surface area contributed by atoms with Gasteiger partial charge in [0.05, 0.1) is 14.2 Å². The Balaban J connectivity index is 2.61. The van der Waals surface area contributed by atoms with Crippen LogP contribution < -0.4 is 14.8 Å². The fraction of sp³-hybridized carbons (Fsp3) is 0.625. The standard InChI is InChI=1S/C16H25NO2/c1-10-9-17-15(16(2,3)4)12-7-11(18-5)8-13(19-6)14(10)12/h7-8,10,15,17H,9H2,1-6H3. The van der Waals surface area contributed by atoms with Crippen LogP contribution in [0.4, 0.5) is 0 Å². The summed E-state index contributed by atoms with van der Waals surface area (Å²) in [5.74, 6) is 2.26. The van der Waals surface area contributed by atoms with Crippen molar-refractivity contribution >= 4 is 0 Å². The number of hydrogen-bond acceptors (Lipinski definition) is 3. The molecule has 1 aromatic rings. The number of hydrogen-bond donors (Lipinski definition) is 1. The van der Waals surface area contributed by atoms with Crippen molar-refractivity contribution in [2.24, 2.45) is 5.41 Å². The van der Waals surface area contributed by atoms with Crippen molar-refractivity contribution in [3.63, 3.8) is 0 Å². The van der Waals surface area contributed by atoms with Crippen LogP contribution >= 0.6 is 0 Å². The summed E-state index contributed by atoms with van der Waals surface area (Å²) in [5.41, 5.74) is 2.79. The summed E-state index contributed by atoms with van der Waals surface area (Å²) in [6, 6.07) is 4.46. The Kier molecular flexibility index (Phi) is 3.77. The molecule has 1 aliphatic rings. The molecule has 1 aromatic carbocycles. The van der Waals surface area contributed by atoms with E-state index in [0.29, 0.717) is 12.0 Å². The fourth-order valence-electron chi connectivity index (χ4n) is 2.95. The molecule has 0 bridgehead atoms. The first-order chi connectivity index (χ1) is 8.88. The molecule has 2 atom stereocenters. The molecule has 0 spiro atoms. The fourth-order valence-corrected chi connectivity index (χ4v) is 2.95. The summed E-state index contributed by atoms with van der Waals surface area (Å²) in [7, 11) is 3.43. The maximum absolute atomic E-state index is 5.58. The third kappa shape index (κ3) is 2.57. The lowest BCUT2D eigenvalue weighted by Crippen LogP contribution is -2.39. The van der Waals surface area contributed by atoms with Gasteiger partial charge in [-0.15, -0.1) is 0 Å². The van der Waals surface area contributed by atoms with E-state index < -0.39 is 0 Å². The summed E-state index contributed by atoms with van der Waals surface area (Å²) in [5, 5.41) is 3.66. The molecule has 0 radical (unpaired) electrons. The van der Waals surface area contributed by atoms with E-state index in [1.54, 1.807) is 14.2 Å². The summed E-state index contributed by atoms with van der Waals surface area (Å²) in [6.07, 6.45) is 0. The molecular weight excluding hydrogens is 238 g/mol. The van der Waals surface area contributed by atoms with Gasteiger partial charge in [0, 0.05) is 24.2 Å². The summed E-state index contributed by atoms with van der Waals surface area (Å²) in [4.78, 5) is 0. The zero-order valence-corrected chi connectivity index (χ0v) is 12.8. The Morgan fingerprint density at radius 1 is 1.16 bits per heavy atom. The van der Waals surface area contributed by atoms with Gasteiger partial charge in [-0.1, -0.05) is 27.7 Å². The highest BCUT2D eigenvalue weighted by atomic mass is 16.5. The summed E-state index contributed by atoms with van der Waals surface area (Å²) >= 11 is 0. The molecule has 1 aliphatic heterocycles. The quantitative estimate of drug-likeness (QED) is 0.886. The van der Waals surface area contributed by atoms with Gasteiger partial charge in [-0.2, -0.15) is 0 Å². The molecule has 0 saturated heterocycles. The molecule has 0 aromatic heterocycles. The zero-order valence-electron chi connectivity index (χ0n) is 12.8. The number of rotatable bonds is 2. The number of methoxy groups -OCH3 is 2. The van der Waals surface area contributed by atoms with Crippen LogP contribution in [-0.2, 0) is 0 Å². The predicted octanol–water partition coefficient (Wildman–Crippen LogP) is 3.50. The predicted molar refractivity (Wildman–Crippen MR) is 78.2 cm³/mol. The van der Waals surface area contributed by atoms with Crippen molar-refractivity contribution in [3.8, 4) is 11.5 Å². The van der Waals surface area contributed by atoms with Crippen LogP contribution in [0.3, 0.4) is 0 Å². The van der Waals surface area contributed by atoms with Gasteiger partial charge in [0.2, 0.25) is 0 Å². The van der Waals surface area contributed by atoms with E-state index in [-0.39, 0.29) is 5.41 Å². The van der Waals surface area contributed by atoms with Gasteiger partial charge in [-0.05, 0) is 23.0 Å². The van der Waals surface area contributed by atoms with Crippen LogP contribution in [0, 0.1) is 5.41 Å². The lowest BCUT2D eigenvalue weighted by molar-refractivity contribution is 0.252. The van der Waals surface area contributed by atoms with Gasteiger partial charge < -0.3 is 14.8 Å². The molecule has 106 valence electrons. The molecule has 3 nitrogen and oxygen atoms in total. The number of nitrogens with one attached hydrogen (secondary N) is 1. The van der Waals surface area contributed by atoms with E-state index in [4.69, 9.17) is 9.47 Å². The van der Waals surface area contributed by atoms with Crippen molar-refractivity contribution in [3.05, 3.63) is 23.3 Å². The molecule has 1 N–H and O–H groups in total. The van der Waals surface area contributed by atoms with E-state index in [9.17, 15) is 0 Å². The van der Waals surface area contributed by atoms with Crippen LogP contribution in [0.5, 0.6) is 11.5 Å². The average Bonchev–Trinajstić information content (AvgIpc) is 2.36. The average molecular weight is 263 g/mol. The Bertz CT molecular complexity index is 463. The second-order valence-electron chi connectivity index (χ2n) is 6.44. The van der Waals surface area contributed by atoms with Crippen molar-refractivity contribution in [2.75, 3.05) is 20.8 Å². The highest BCUT2D eigenvalue weighted by Gasteiger charge is 2.34. The molecule has 0 aliphatic carbocycles. The highest BCUT2D eigenvalue weighted by Crippen LogP contribution is 2.45. The smallest absolute Gasteiger partial charge is 0.126 e. The minimum atomic E-state index is 0.159. The first kappa shape index (κ1) is 14.2. The van der Waals surface area contributed by atoms with E-state index in [1.807, 2.05) is 6.07 Å². The van der Waals surface area contributed by atoms with Gasteiger partial charge in [0.1, 0.15) is 11.5 Å². The molecule has 3 heteroatoms. The minimum Gasteiger partial charge on any atom is -0.497 e. The maximum Gasteiger partial charge on any atom is 0.126 e. The van der Waals surface area contributed by atoms with Crippen LogP contribution in [0.15, 0.2) is 12.1 Å². The summed E-state index contributed by atoms with van der Waals surface area (Å²) < 4.78 is 11.0. The molecule has 2 rings (SSSR count). The third-order valence-corrected chi connectivity index (χ3v) is 3.90.